The molecule has 19 heavy (non-hydrogen) atoms. The zero-order chi connectivity index (χ0) is 14.0. The molecule has 102 valence electrons. The Bertz CT molecular complexity index is 485. The van der Waals surface area contributed by atoms with Gasteiger partial charge in [0.05, 0.1) is 0 Å². The summed E-state index contributed by atoms with van der Waals surface area (Å²) in [5.41, 5.74) is 0.563. The minimum Gasteiger partial charge on any atom is -0.352 e. The Hall–Kier alpha value is -1.91. The number of benzene rings is 1. The van der Waals surface area contributed by atoms with Crippen LogP contribution in [0.2, 0.25) is 0 Å². The number of rotatable bonds is 3. The van der Waals surface area contributed by atoms with Gasteiger partial charge >= 0.3 is 0 Å². The van der Waals surface area contributed by atoms with Crippen LogP contribution in [0.25, 0.3) is 0 Å². The predicted molar refractivity (Wildman–Crippen MR) is 70.2 cm³/mol. The van der Waals surface area contributed by atoms with E-state index in [1.807, 2.05) is 13.8 Å². The van der Waals surface area contributed by atoms with Crippen molar-refractivity contribution in [1.82, 2.24) is 5.32 Å². The van der Waals surface area contributed by atoms with Crippen molar-refractivity contribution >= 4 is 17.5 Å². The first kappa shape index (κ1) is 13.5. The van der Waals surface area contributed by atoms with Crippen LogP contribution in [0.4, 0.5) is 10.1 Å². The summed E-state index contributed by atoms with van der Waals surface area (Å²) in [7, 11) is 0. The average molecular weight is 264 g/mol. The molecule has 1 aliphatic rings. The number of hydrogen-bond donors (Lipinski definition) is 1. The van der Waals surface area contributed by atoms with Gasteiger partial charge in [-0.15, -0.1) is 0 Å². The molecule has 0 radical (unpaired) electrons. The second-order valence-corrected chi connectivity index (χ2v) is 4.96. The highest BCUT2D eigenvalue weighted by molar-refractivity contribution is 6.03. The molecule has 5 heteroatoms. The maximum Gasteiger partial charge on any atom is 0.243 e. The van der Waals surface area contributed by atoms with E-state index in [1.54, 1.807) is 0 Å². The van der Waals surface area contributed by atoms with E-state index >= 15 is 0 Å². The molecule has 0 spiro atoms. The first-order valence-corrected chi connectivity index (χ1v) is 6.37. The number of halogens is 1. The Morgan fingerprint density at radius 3 is 2.58 bits per heavy atom. The van der Waals surface area contributed by atoms with E-state index in [0.29, 0.717) is 18.5 Å². The van der Waals surface area contributed by atoms with Gasteiger partial charge in [0.1, 0.15) is 11.9 Å². The topological polar surface area (TPSA) is 49.4 Å². The molecule has 0 aliphatic carbocycles. The molecule has 0 aromatic heterocycles. The average Bonchev–Trinajstić information content (AvgIpc) is 2.71. The molecule has 1 unspecified atom stereocenters. The Morgan fingerprint density at radius 2 is 2.00 bits per heavy atom. The number of carbonyl (C=O) groups is 2. The van der Waals surface area contributed by atoms with Crippen LogP contribution in [0, 0.1) is 5.82 Å². The van der Waals surface area contributed by atoms with Gasteiger partial charge in [-0.1, -0.05) is 0 Å². The van der Waals surface area contributed by atoms with Crippen molar-refractivity contribution in [2.75, 3.05) is 4.90 Å². The monoisotopic (exact) mass is 264 g/mol. The Labute approximate surface area is 111 Å². The predicted octanol–water partition coefficient (Wildman–Crippen LogP) is 1.85. The fraction of sp³-hybridized carbons (Fsp3) is 0.429. The van der Waals surface area contributed by atoms with E-state index in [0.717, 1.165) is 0 Å². The third-order valence-electron chi connectivity index (χ3n) is 3.05. The van der Waals surface area contributed by atoms with Gasteiger partial charge in [0, 0.05) is 18.2 Å². The summed E-state index contributed by atoms with van der Waals surface area (Å²) in [4.78, 5) is 25.4. The summed E-state index contributed by atoms with van der Waals surface area (Å²) in [6.45, 7) is 3.74. The summed E-state index contributed by atoms with van der Waals surface area (Å²) >= 11 is 0. The van der Waals surface area contributed by atoms with Crippen LogP contribution in [-0.4, -0.2) is 23.9 Å². The van der Waals surface area contributed by atoms with Crippen LogP contribution >= 0.6 is 0 Å². The van der Waals surface area contributed by atoms with Crippen LogP contribution in [0.15, 0.2) is 24.3 Å². The van der Waals surface area contributed by atoms with Gasteiger partial charge in [-0.2, -0.15) is 0 Å². The minimum absolute atomic E-state index is 0.0262. The number of hydrogen-bond acceptors (Lipinski definition) is 2. The van der Waals surface area contributed by atoms with E-state index < -0.39 is 6.04 Å². The highest BCUT2D eigenvalue weighted by Gasteiger charge is 2.37. The van der Waals surface area contributed by atoms with Crippen LogP contribution in [0.1, 0.15) is 26.7 Å². The number of carbonyl (C=O) groups excluding carboxylic acids is 2. The summed E-state index contributed by atoms with van der Waals surface area (Å²) in [6, 6.07) is 5.15. The Morgan fingerprint density at radius 1 is 1.37 bits per heavy atom. The third-order valence-corrected chi connectivity index (χ3v) is 3.05. The molecule has 1 aromatic carbocycles. The van der Waals surface area contributed by atoms with Crippen molar-refractivity contribution in [3.8, 4) is 0 Å². The molecule has 1 N–H and O–H groups in total. The maximum absolute atomic E-state index is 12.9. The van der Waals surface area contributed by atoms with E-state index in [9.17, 15) is 14.0 Å². The normalized spacial score (nSPS) is 19.1. The van der Waals surface area contributed by atoms with Crippen molar-refractivity contribution in [3.05, 3.63) is 30.1 Å². The van der Waals surface area contributed by atoms with Crippen LogP contribution in [-0.2, 0) is 9.59 Å². The van der Waals surface area contributed by atoms with Crippen LogP contribution < -0.4 is 10.2 Å². The lowest BCUT2D eigenvalue weighted by atomic mass is 10.2. The molecule has 1 atom stereocenters. The quantitative estimate of drug-likeness (QED) is 0.905. The van der Waals surface area contributed by atoms with Gasteiger partial charge in [0.25, 0.3) is 0 Å². The van der Waals surface area contributed by atoms with Gasteiger partial charge in [-0.25, -0.2) is 4.39 Å². The highest BCUT2D eigenvalue weighted by atomic mass is 19.1. The van der Waals surface area contributed by atoms with Crippen molar-refractivity contribution in [2.45, 2.75) is 38.8 Å². The highest BCUT2D eigenvalue weighted by Crippen LogP contribution is 2.27. The van der Waals surface area contributed by atoms with Crippen LogP contribution in [0.5, 0.6) is 0 Å². The molecule has 1 aromatic rings. The third kappa shape index (κ3) is 2.92. The van der Waals surface area contributed by atoms with Crippen molar-refractivity contribution in [3.63, 3.8) is 0 Å². The SMILES string of the molecule is CC(C)NC(=O)C1CCC(=O)N1c1ccc(F)cc1. The van der Waals surface area contributed by atoms with E-state index in [1.165, 1.54) is 29.2 Å². The fourth-order valence-electron chi connectivity index (χ4n) is 2.24. The van der Waals surface area contributed by atoms with E-state index in [-0.39, 0.29) is 23.7 Å². The summed E-state index contributed by atoms with van der Waals surface area (Å²) in [6.07, 6.45) is 0.836. The molecule has 2 amide bonds. The standard InChI is InChI=1S/C14H17FN2O2/c1-9(2)16-14(19)12-7-8-13(18)17(12)11-5-3-10(15)4-6-11/h3-6,9,12H,7-8H2,1-2H3,(H,16,19). The lowest BCUT2D eigenvalue weighted by molar-refractivity contribution is -0.124. The number of nitrogens with one attached hydrogen (secondary N) is 1. The van der Waals surface area contributed by atoms with Crippen molar-refractivity contribution in [1.29, 1.82) is 0 Å². The van der Waals surface area contributed by atoms with E-state index in [4.69, 9.17) is 0 Å². The van der Waals surface area contributed by atoms with Gasteiger partial charge in [-0.3, -0.25) is 14.5 Å². The van der Waals surface area contributed by atoms with Crippen molar-refractivity contribution in [2.24, 2.45) is 0 Å². The second-order valence-electron chi connectivity index (χ2n) is 4.96. The van der Waals surface area contributed by atoms with Crippen LogP contribution in [0.3, 0.4) is 0 Å². The Balaban J connectivity index is 2.22. The Kier molecular flexibility index (Phi) is 3.83. The number of nitrogens with zero attached hydrogens (tertiary/aromatic N) is 1. The zero-order valence-electron chi connectivity index (χ0n) is 11.0. The zero-order valence-corrected chi connectivity index (χ0v) is 11.0. The molecule has 1 saturated heterocycles. The molecule has 1 fully saturated rings. The molecular weight excluding hydrogens is 247 g/mol. The smallest absolute Gasteiger partial charge is 0.243 e. The number of anilines is 1. The molecular formula is C14H17FN2O2. The maximum atomic E-state index is 12.9. The minimum atomic E-state index is -0.500. The molecule has 4 nitrogen and oxygen atoms in total. The van der Waals surface area contributed by atoms with Gasteiger partial charge in [0.2, 0.25) is 11.8 Å². The largest absolute Gasteiger partial charge is 0.352 e. The summed E-state index contributed by atoms with van der Waals surface area (Å²) in [5.74, 6) is -0.626. The summed E-state index contributed by atoms with van der Waals surface area (Å²) < 4.78 is 12.9. The second kappa shape index (κ2) is 5.38. The van der Waals surface area contributed by atoms with Gasteiger partial charge in [-0.05, 0) is 44.5 Å². The molecule has 2 rings (SSSR count). The molecule has 1 aliphatic heterocycles. The summed E-state index contributed by atoms with van der Waals surface area (Å²) in [5, 5.41) is 2.81. The first-order chi connectivity index (χ1) is 8.99. The lowest BCUT2D eigenvalue weighted by Crippen LogP contribution is -2.46. The first-order valence-electron chi connectivity index (χ1n) is 6.37. The van der Waals surface area contributed by atoms with E-state index in [2.05, 4.69) is 5.32 Å². The molecule has 1 heterocycles. The van der Waals surface area contributed by atoms with Crippen molar-refractivity contribution < 1.29 is 14.0 Å². The molecule has 0 saturated carbocycles. The molecule has 0 bridgehead atoms. The lowest BCUT2D eigenvalue weighted by Gasteiger charge is -2.25. The number of amides is 2. The van der Waals surface area contributed by atoms with Gasteiger partial charge < -0.3 is 5.32 Å². The fourth-order valence-corrected chi connectivity index (χ4v) is 2.24. The van der Waals surface area contributed by atoms with Gasteiger partial charge in [0.15, 0.2) is 0 Å².